The molecule has 0 bridgehead atoms. The van der Waals surface area contributed by atoms with Crippen LogP contribution in [0.3, 0.4) is 0 Å². The van der Waals surface area contributed by atoms with Crippen LogP contribution >= 0.6 is 0 Å². The van der Waals surface area contributed by atoms with Crippen molar-refractivity contribution < 1.29 is 27.6 Å². The molecule has 1 saturated heterocycles. The van der Waals surface area contributed by atoms with Crippen molar-refractivity contribution in [1.29, 1.82) is 0 Å². The van der Waals surface area contributed by atoms with Crippen molar-refractivity contribution >= 4 is 18.4 Å². The smallest absolute Gasteiger partial charge is 0.455 e. The molecule has 29 heavy (non-hydrogen) atoms. The van der Waals surface area contributed by atoms with E-state index in [0.29, 0.717) is 11.0 Å². The standard InChI is InChI=1S/C20H21BF2O4.C2H4/c1-12(24)13-6-8-17(25-18-9-7-14(22)11-16(18)23)15(10-13)21-26-19(2,3)20(4,5)27-21;1-2/h6-11H,1-5H3;1-2H2. The van der Waals surface area contributed by atoms with Crippen molar-refractivity contribution in [2.75, 3.05) is 0 Å². The summed E-state index contributed by atoms with van der Waals surface area (Å²) in [6.45, 7) is 15.1. The van der Waals surface area contributed by atoms with Crippen molar-refractivity contribution in [2.24, 2.45) is 0 Å². The summed E-state index contributed by atoms with van der Waals surface area (Å²) in [5.41, 5.74) is -0.276. The van der Waals surface area contributed by atoms with Gasteiger partial charge in [0.25, 0.3) is 0 Å². The van der Waals surface area contributed by atoms with Gasteiger partial charge in [0.2, 0.25) is 0 Å². The largest absolute Gasteiger partial charge is 0.498 e. The van der Waals surface area contributed by atoms with Gasteiger partial charge in [0, 0.05) is 17.1 Å². The summed E-state index contributed by atoms with van der Waals surface area (Å²) in [5, 5.41) is 0. The molecule has 1 heterocycles. The highest BCUT2D eigenvalue weighted by Crippen LogP contribution is 2.37. The summed E-state index contributed by atoms with van der Waals surface area (Å²) >= 11 is 0. The molecule has 7 heteroatoms. The fourth-order valence-corrected chi connectivity index (χ4v) is 2.69. The van der Waals surface area contributed by atoms with Crippen LogP contribution in [-0.4, -0.2) is 24.1 Å². The van der Waals surface area contributed by atoms with E-state index in [0.717, 1.165) is 12.1 Å². The van der Waals surface area contributed by atoms with E-state index in [1.165, 1.54) is 13.0 Å². The van der Waals surface area contributed by atoms with E-state index in [9.17, 15) is 13.6 Å². The summed E-state index contributed by atoms with van der Waals surface area (Å²) in [4.78, 5) is 11.8. The second-order valence-electron chi connectivity index (χ2n) is 7.57. The number of carbonyl (C=O) groups excluding carboxylic acids is 1. The molecule has 2 aromatic carbocycles. The molecule has 2 aromatic rings. The van der Waals surface area contributed by atoms with E-state index in [1.807, 2.05) is 27.7 Å². The first-order chi connectivity index (χ1) is 13.5. The van der Waals surface area contributed by atoms with Crippen molar-refractivity contribution in [2.45, 2.75) is 45.8 Å². The molecule has 0 aromatic heterocycles. The predicted octanol–water partition coefficient (Wildman–Crippen LogP) is 5.06. The third-order valence-corrected chi connectivity index (χ3v) is 5.04. The summed E-state index contributed by atoms with van der Waals surface area (Å²) in [5.74, 6) is -1.52. The van der Waals surface area contributed by atoms with Crippen molar-refractivity contribution in [3.8, 4) is 11.5 Å². The highest BCUT2D eigenvalue weighted by atomic mass is 19.1. The van der Waals surface area contributed by atoms with Crippen LogP contribution in [0.5, 0.6) is 11.5 Å². The molecule has 0 amide bonds. The zero-order valence-electron chi connectivity index (χ0n) is 17.3. The molecule has 1 fully saturated rings. The Labute approximate surface area is 170 Å². The van der Waals surface area contributed by atoms with Crippen LogP contribution in [0.15, 0.2) is 49.6 Å². The number of benzene rings is 2. The van der Waals surface area contributed by atoms with E-state index in [4.69, 9.17) is 14.0 Å². The van der Waals surface area contributed by atoms with Crippen molar-refractivity contribution in [3.05, 3.63) is 66.8 Å². The maximum atomic E-state index is 14.0. The maximum absolute atomic E-state index is 14.0. The average Bonchev–Trinajstić information content (AvgIpc) is 2.86. The molecule has 0 atom stereocenters. The Kier molecular flexibility index (Phi) is 6.65. The van der Waals surface area contributed by atoms with Crippen LogP contribution in [0.2, 0.25) is 0 Å². The zero-order valence-corrected chi connectivity index (χ0v) is 17.3. The number of ether oxygens (including phenoxy) is 1. The Hall–Kier alpha value is -2.51. The molecule has 0 saturated carbocycles. The summed E-state index contributed by atoms with van der Waals surface area (Å²) in [6, 6.07) is 7.80. The van der Waals surface area contributed by atoms with E-state index < -0.39 is 30.0 Å². The lowest BCUT2D eigenvalue weighted by atomic mass is 9.77. The molecular weight excluding hydrogens is 377 g/mol. The molecule has 0 spiro atoms. The summed E-state index contributed by atoms with van der Waals surface area (Å²) in [6.07, 6.45) is 0. The summed E-state index contributed by atoms with van der Waals surface area (Å²) < 4.78 is 44.9. The van der Waals surface area contributed by atoms with Gasteiger partial charge in [0.05, 0.1) is 11.2 Å². The predicted molar refractivity (Wildman–Crippen MR) is 110 cm³/mol. The fourth-order valence-electron chi connectivity index (χ4n) is 2.69. The normalized spacial score (nSPS) is 16.7. The lowest BCUT2D eigenvalue weighted by molar-refractivity contribution is 0.00578. The average molecular weight is 402 g/mol. The van der Waals surface area contributed by atoms with Gasteiger partial charge in [-0.25, -0.2) is 8.78 Å². The molecule has 0 aliphatic carbocycles. The highest BCUT2D eigenvalue weighted by molar-refractivity contribution is 6.63. The number of carbonyl (C=O) groups is 1. The number of Topliss-reactive ketones (excluding diaryl/α,β-unsaturated/α-hetero) is 1. The Bertz CT molecular complexity index is 896. The number of ketones is 1. The Balaban J connectivity index is 0.00000145. The molecule has 0 N–H and O–H groups in total. The molecule has 1 aliphatic rings. The van der Waals surface area contributed by atoms with E-state index >= 15 is 0 Å². The monoisotopic (exact) mass is 402 g/mol. The lowest BCUT2D eigenvalue weighted by Crippen LogP contribution is -2.41. The molecule has 0 unspecified atom stereocenters. The van der Waals surface area contributed by atoms with Crippen LogP contribution in [0, 0.1) is 11.6 Å². The van der Waals surface area contributed by atoms with E-state index in [1.54, 1.807) is 18.2 Å². The first kappa shape index (κ1) is 22.8. The van der Waals surface area contributed by atoms with Gasteiger partial charge in [-0.15, -0.1) is 13.2 Å². The third kappa shape index (κ3) is 4.74. The number of hydrogen-bond donors (Lipinski definition) is 0. The highest BCUT2D eigenvalue weighted by Gasteiger charge is 2.52. The van der Waals surface area contributed by atoms with Gasteiger partial charge < -0.3 is 14.0 Å². The van der Waals surface area contributed by atoms with Crippen LogP contribution in [0.4, 0.5) is 8.78 Å². The molecule has 4 nitrogen and oxygen atoms in total. The number of rotatable bonds is 4. The minimum absolute atomic E-state index is 0.132. The van der Waals surface area contributed by atoms with Gasteiger partial charge in [0.1, 0.15) is 11.6 Å². The minimum atomic E-state index is -0.828. The number of hydrogen-bond acceptors (Lipinski definition) is 4. The Morgan fingerprint density at radius 1 is 0.966 bits per heavy atom. The minimum Gasteiger partial charge on any atom is -0.455 e. The van der Waals surface area contributed by atoms with Crippen LogP contribution in [-0.2, 0) is 9.31 Å². The van der Waals surface area contributed by atoms with Gasteiger partial charge in [-0.1, -0.05) is 0 Å². The molecule has 3 rings (SSSR count). The third-order valence-electron chi connectivity index (χ3n) is 5.04. The SMILES string of the molecule is C=C.CC(=O)c1ccc(Oc2ccc(F)cc2F)c(B2OC(C)(C)C(C)(C)O2)c1. The lowest BCUT2D eigenvalue weighted by Gasteiger charge is -2.32. The van der Waals surface area contributed by atoms with Crippen LogP contribution in [0.25, 0.3) is 0 Å². The number of halogens is 2. The molecule has 1 aliphatic heterocycles. The quantitative estimate of drug-likeness (QED) is 0.407. The van der Waals surface area contributed by atoms with E-state index in [-0.39, 0.29) is 17.3 Å². The van der Waals surface area contributed by atoms with E-state index in [2.05, 4.69) is 13.2 Å². The van der Waals surface area contributed by atoms with Gasteiger partial charge in [-0.3, -0.25) is 4.79 Å². The fraction of sp³-hybridized carbons (Fsp3) is 0.318. The van der Waals surface area contributed by atoms with Gasteiger partial charge >= 0.3 is 7.12 Å². The van der Waals surface area contributed by atoms with Gasteiger partial charge in [-0.2, -0.15) is 0 Å². The Morgan fingerprint density at radius 2 is 1.52 bits per heavy atom. The molecule has 0 radical (unpaired) electrons. The topological polar surface area (TPSA) is 44.8 Å². The second kappa shape index (κ2) is 8.47. The maximum Gasteiger partial charge on any atom is 0.498 e. The second-order valence-corrected chi connectivity index (χ2v) is 7.57. The van der Waals surface area contributed by atoms with Crippen molar-refractivity contribution in [3.63, 3.8) is 0 Å². The van der Waals surface area contributed by atoms with Gasteiger partial charge in [0.15, 0.2) is 17.3 Å². The molecular formula is C22H25BF2O4. The summed E-state index contributed by atoms with van der Waals surface area (Å²) in [7, 11) is -0.798. The van der Waals surface area contributed by atoms with Crippen molar-refractivity contribution in [1.82, 2.24) is 0 Å². The Morgan fingerprint density at radius 3 is 2.03 bits per heavy atom. The van der Waals surface area contributed by atoms with Crippen LogP contribution in [0.1, 0.15) is 45.0 Å². The first-order valence-electron chi connectivity index (χ1n) is 9.13. The van der Waals surface area contributed by atoms with Crippen LogP contribution < -0.4 is 10.2 Å². The zero-order chi connectivity index (χ0) is 22.0. The first-order valence-corrected chi connectivity index (χ1v) is 9.13. The molecule has 154 valence electrons. The van der Waals surface area contributed by atoms with Gasteiger partial charge in [-0.05, 0) is 65.0 Å².